The maximum absolute atomic E-state index is 12.9. The lowest BCUT2D eigenvalue weighted by atomic mass is 10.2. The number of fused-ring (bicyclic) bond motifs is 1. The second-order valence-electron chi connectivity index (χ2n) is 8.78. The van der Waals surface area contributed by atoms with Crippen LogP contribution in [0.3, 0.4) is 0 Å². The molecule has 2 fully saturated rings. The summed E-state index contributed by atoms with van der Waals surface area (Å²) in [6, 6.07) is 8.15. The van der Waals surface area contributed by atoms with Gasteiger partial charge in [-0.1, -0.05) is 31.0 Å². The normalized spacial score (nSPS) is 22.5. The number of thioether (sulfide) groups is 1. The quantitative estimate of drug-likeness (QED) is 0.660. The third-order valence-corrected chi connectivity index (χ3v) is 7.17. The summed E-state index contributed by atoms with van der Waals surface area (Å²) >= 11 is 1.56. The number of benzene rings is 1. The smallest absolute Gasteiger partial charge is 0.242 e. The fraction of sp³-hybridized carbons (Fsp3) is 0.583. The van der Waals surface area contributed by atoms with Crippen molar-refractivity contribution in [1.29, 1.82) is 0 Å². The van der Waals surface area contributed by atoms with E-state index < -0.39 is 0 Å². The van der Waals surface area contributed by atoms with E-state index in [4.69, 9.17) is 4.74 Å². The van der Waals surface area contributed by atoms with Gasteiger partial charge in [-0.15, -0.1) is 11.8 Å². The van der Waals surface area contributed by atoms with Crippen molar-refractivity contribution >= 4 is 34.5 Å². The molecule has 2 aromatic rings. The molecule has 4 rings (SSSR count). The maximum Gasteiger partial charge on any atom is 0.242 e. The van der Waals surface area contributed by atoms with E-state index >= 15 is 0 Å². The summed E-state index contributed by atoms with van der Waals surface area (Å²) in [7, 11) is 0. The van der Waals surface area contributed by atoms with Gasteiger partial charge in [-0.25, -0.2) is 0 Å². The average molecular weight is 444 g/mol. The van der Waals surface area contributed by atoms with E-state index in [1.54, 1.807) is 11.8 Å². The Morgan fingerprint density at radius 2 is 1.65 bits per heavy atom. The first-order valence-electron chi connectivity index (χ1n) is 11.4. The fourth-order valence-corrected chi connectivity index (χ4v) is 5.63. The third-order valence-electron chi connectivity index (χ3n) is 6.14. The van der Waals surface area contributed by atoms with Crippen molar-refractivity contribution in [2.45, 2.75) is 63.2 Å². The highest BCUT2D eigenvalue weighted by Crippen LogP contribution is 2.30. The van der Waals surface area contributed by atoms with Crippen LogP contribution < -0.4 is 0 Å². The molecule has 31 heavy (non-hydrogen) atoms. The van der Waals surface area contributed by atoms with Crippen molar-refractivity contribution in [2.24, 2.45) is 0 Å². The highest BCUT2D eigenvalue weighted by molar-refractivity contribution is 8.00. The molecule has 2 aliphatic rings. The number of hydrogen-bond acceptors (Lipinski definition) is 4. The predicted octanol–water partition coefficient (Wildman–Crippen LogP) is 3.77. The largest absolute Gasteiger partial charge is 0.372 e. The van der Waals surface area contributed by atoms with Crippen LogP contribution in [0, 0.1) is 0 Å². The molecule has 2 saturated heterocycles. The SMILES string of the molecule is C[C@H]1CN(C(=O)CSc2cn(CC(=O)N3CCCCCC3)c3ccccc23)C[C@H](C)O1. The van der Waals surface area contributed by atoms with Crippen LogP contribution in [0.15, 0.2) is 35.4 Å². The molecule has 0 unspecified atom stereocenters. The van der Waals surface area contributed by atoms with E-state index in [1.807, 2.05) is 46.5 Å². The Morgan fingerprint density at radius 3 is 2.35 bits per heavy atom. The third kappa shape index (κ3) is 5.44. The number of hydrogen-bond donors (Lipinski definition) is 0. The Bertz CT molecular complexity index is 910. The van der Waals surface area contributed by atoms with Crippen LogP contribution in [0.2, 0.25) is 0 Å². The summed E-state index contributed by atoms with van der Waals surface area (Å²) in [6.45, 7) is 7.41. The Balaban J connectivity index is 1.45. The molecule has 7 heteroatoms. The minimum absolute atomic E-state index is 0.0737. The second-order valence-corrected chi connectivity index (χ2v) is 9.80. The van der Waals surface area contributed by atoms with E-state index in [0.29, 0.717) is 25.4 Å². The van der Waals surface area contributed by atoms with Gasteiger partial charge < -0.3 is 19.1 Å². The van der Waals surface area contributed by atoms with E-state index in [2.05, 4.69) is 12.1 Å². The summed E-state index contributed by atoms with van der Waals surface area (Å²) < 4.78 is 7.79. The van der Waals surface area contributed by atoms with Crippen molar-refractivity contribution in [3.63, 3.8) is 0 Å². The van der Waals surface area contributed by atoms with Gasteiger partial charge in [-0.05, 0) is 32.8 Å². The van der Waals surface area contributed by atoms with Crippen molar-refractivity contribution in [3.8, 4) is 0 Å². The van der Waals surface area contributed by atoms with Gasteiger partial charge in [0.25, 0.3) is 0 Å². The molecule has 0 spiro atoms. The number of rotatable bonds is 5. The first kappa shape index (κ1) is 22.2. The van der Waals surface area contributed by atoms with Gasteiger partial charge in [-0.3, -0.25) is 9.59 Å². The van der Waals surface area contributed by atoms with Gasteiger partial charge >= 0.3 is 0 Å². The summed E-state index contributed by atoms with van der Waals surface area (Å²) in [4.78, 5) is 30.7. The number of nitrogens with zero attached hydrogens (tertiary/aromatic N) is 3. The zero-order valence-electron chi connectivity index (χ0n) is 18.6. The van der Waals surface area contributed by atoms with Crippen LogP contribution in [0.5, 0.6) is 0 Å². The number of para-hydroxylation sites is 1. The molecule has 3 heterocycles. The van der Waals surface area contributed by atoms with E-state index in [0.717, 1.165) is 41.7 Å². The van der Waals surface area contributed by atoms with Crippen LogP contribution in [0.4, 0.5) is 0 Å². The Morgan fingerprint density at radius 1 is 0.968 bits per heavy atom. The number of morpholine rings is 1. The van der Waals surface area contributed by atoms with E-state index in [1.165, 1.54) is 12.8 Å². The highest BCUT2D eigenvalue weighted by atomic mass is 32.2. The lowest BCUT2D eigenvalue weighted by molar-refractivity contribution is -0.140. The zero-order valence-corrected chi connectivity index (χ0v) is 19.4. The van der Waals surface area contributed by atoms with Crippen molar-refractivity contribution in [1.82, 2.24) is 14.4 Å². The number of amides is 2. The van der Waals surface area contributed by atoms with E-state index in [-0.39, 0.29) is 24.0 Å². The molecule has 0 radical (unpaired) electrons. The van der Waals surface area contributed by atoms with Gasteiger partial charge in [-0.2, -0.15) is 0 Å². The van der Waals surface area contributed by atoms with Gasteiger partial charge in [0.1, 0.15) is 6.54 Å². The van der Waals surface area contributed by atoms with Gasteiger partial charge in [0.05, 0.1) is 18.0 Å². The Hall–Kier alpha value is -1.99. The van der Waals surface area contributed by atoms with Crippen molar-refractivity contribution in [2.75, 3.05) is 31.9 Å². The molecule has 1 aromatic heterocycles. The molecule has 2 aliphatic heterocycles. The van der Waals surface area contributed by atoms with Crippen molar-refractivity contribution < 1.29 is 14.3 Å². The number of carbonyl (C=O) groups is 2. The van der Waals surface area contributed by atoms with E-state index in [9.17, 15) is 9.59 Å². The molecule has 6 nitrogen and oxygen atoms in total. The predicted molar refractivity (Wildman–Crippen MR) is 124 cm³/mol. The summed E-state index contributed by atoms with van der Waals surface area (Å²) in [6.07, 6.45) is 6.81. The molecule has 0 N–H and O–H groups in total. The standard InChI is InChI=1S/C24H33N3O3S/c1-18-13-27(14-19(2)30-18)24(29)17-31-22-15-26(21-10-6-5-9-20(21)22)16-23(28)25-11-7-3-4-8-12-25/h5-6,9-10,15,18-19H,3-4,7-8,11-14,16-17H2,1-2H3/t18-,19-/m0/s1. The summed E-state index contributed by atoms with van der Waals surface area (Å²) in [5, 5.41) is 1.10. The van der Waals surface area contributed by atoms with Crippen LogP contribution in [0.1, 0.15) is 39.5 Å². The number of carbonyl (C=O) groups excluding carboxylic acids is 2. The molecule has 0 bridgehead atoms. The lowest BCUT2D eigenvalue weighted by Gasteiger charge is -2.35. The van der Waals surface area contributed by atoms with Gasteiger partial charge in [0.2, 0.25) is 11.8 Å². The van der Waals surface area contributed by atoms with Crippen LogP contribution >= 0.6 is 11.8 Å². The average Bonchev–Trinajstić information content (AvgIpc) is 2.92. The molecule has 2 amide bonds. The number of ether oxygens (including phenoxy) is 1. The second kappa shape index (κ2) is 10.1. The van der Waals surface area contributed by atoms with Gasteiger partial charge in [0, 0.05) is 48.2 Å². The topological polar surface area (TPSA) is 54.8 Å². The lowest BCUT2D eigenvalue weighted by Crippen LogP contribution is -2.48. The Labute approximate surface area is 188 Å². The molecule has 0 aliphatic carbocycles. The molecular formula is C24H33N3O3S. The summed E-state index contributed by atoms with van der Waals surface area (Å²) in [5.74, 6) is 0.726. The molecule has 168 valence electrons. The van der Waals surface area contributed by atoms with Gasteiger partial charge in [0.15, 0.2) is 0 Å². The first-order valence-corrected chi connectivity index (χ1v) is 12.4. The Kier molecular flexibility index (Phi) is 7.23. The van der Waals surface area contributed by atoms with Crippen LogP contribution in [-0.2, 0) is 20.9 Å². The maximum atomic E-state index is 12.9. The molecular weight excluding hydrogens is 410 g/mol. The zero-order chi connectivity index (χ0) is 21.8. The minimum Gasteiger partial charge on any atom is -0.372 e. The fourth-order valence-electron chi connectivity index (χ4n) is 4.64. The van der Waals surface area contributed by atoms with Crippen LogP contribution in [0.25, 0.3) is 10.9 Å². The first-order chi connectivity index (χ1) is 15.0. The molecule has 0 saturated carbocycles. The highest BCUT2D eigenvalue weighted by Gasteiger charge is 2.26. The van der Waals surface area contributed by atoms with Crippen molar-refractivity contribution in [3.05, 3.63) is 30.5 Å². The van der Waals surface area contributed by atoms with Crippen LogP contribution in [-0.4, -0.2) is 70.3 Å². The molecule has 1 aromatic carbocycles. The minimum atomic E-state index is 0.0737. The monoisotopic (exact) mass is 443 g/mol. The summed E-state index contributed by atoms with van der Waals surface area (Å²) in [5.41, 5.74) is 1.05. The molecule has 2 atom stereocenters. The number of likely N-dealkylation sites (tertiary alicyclic amines) is 1. The number of aromatic nitrogens is 1.